The minimum absolute atomic E-state index is 0.00234. The fourth-order valence-corrected chi connectivity index (χ4v) is 3.87. The molecule has 5 nitrogen and oxygen atoms in total. The number of anilines is 1. The molecular formula is C25H33N3O2. The van der Waals surface area contributed by atoms with Crippen molar-refractivity contribution in [1.29, 1.82) is 0 Å². The third-order valence-electron chi connectivity index (χ3n) is 5.91. The number of carbonyl (C=O) groups is 2. The Bertz CT molecular complexity index is 868. The smallest absolute Gasteiger partial charge is 0.241 e. The molecular weight excluding hydrogens is 374 g/mol. The largest absolute Gasteiger partial charge is 0.340 e. The zero-order valence-electron chi connectivity index (χ0n) is 18.5. The van der Waals surface area contributed by atoms with Crippen molar-refractivity contribution in [3.8, 4) is 0 Å². The number of para-hydroxylation sites is 1. The summed E-state index contributed by atoms with van der Waals surface area (Å²) in [6, 6.07) is 15.9. The summed E-state index contributed by atoms with van der Waals surface area (Å²) in [6.45, 7) is 11.0. The third-order valence-corrected chi connectivity index (χ3v) is 5.91. The van der Waals surface area contributed by atoms with Gasteiger partial charge in [-0.05, 0) is 37.0 Å². The molecule has 3 rings (SSSR count). The van der Waals surface area contributed by atoms with Gasteiger partial charge >= 0.3 is 0 Å². The van der Waals surface area contributed by atoms with Crippen LogP contribution >= 0.6 is 0 Å². The number of aryl methyl sites for hydroxylation is 1. The number of rotatable bonds is 6. The molecule has 1 atom stereocenters. The summed E-state index contributed by atoms with van der Waals surface area (Å²) < 4.78 is 0. The zero-order chi connectivity index (χ0) is 21.7. The van der Waals surface area contributed by atoms with Crippen molar-refractivity contribution in [2.24, 2.45) is 0 Å². The number of nitrogens with zero attached hydrogens (tertiary/aromatic N) is 2. The molecule has 2 amide bonds. The number of nitrogens with one attached hydrogen (secondary N) is 1. The van der Waals surface area contributed by atoms with Crippen molar-refractivity contribution in [3.63, 3.8) is 0 Å². The van der Waals surface area contributed by atoms with E-state index in [0.29, 0.717) is 38.5 Å². The maximum absolute atomic E-state index is 12.8. The average Bonchev–Trinajstić information content (AvgIpc) is 2.75. The summed E-state index contributed by atoms with van der Waals surface area (Å²) in [5, 5.41) is 3.10. The van der Waals surface area contributed by atoms with Crippen LogP contribution in [0.5, 0.6) is 0 Å². The molecule has 0 radical (unpaired) electrons. The number of carbonyl (C=O) groups excluding carboxylic acids is 2. The van der Waals surface area contributed by atoms with Gasteiger partial charge in [0.25, 0.3) is 0 Å². The standard InChI is InChI=1S/C25H33N3O2/c1-18(2)22-7-5-6-8-23(22)26-25(30)20(4)27-13-15-28(16-14-27)24(29)17-21-11-9-19(3)10-12-21/h5-12,18,20H,13-17H2,1-4H3,(H,26,30). The second-order valence-electron chi connectivity index (χ2n) is 8.49. The Kier molecular flexibility index (Phi) is 7.27. The molecule has 1 aliphatic rings. The molecule has 1 heterocycles. The summed E-state index contributed by atoms with van der Waals surface area (Å²) in [5.74, 6) is 0.504. The molecule has 1 N–H and O–H groups in total. The minimum Gasteiger partial charge on any atom is -0.340 e. The maximum Gasteiger partial charge on any atom is 0.241 e. The summed E-state index contributed by atoms with van der Waals surface area (Å²) in [7, 11) is 0. The van der Waals surface area contributed by atoms with E-state index in [9.17, 15) is 9.59 Å². The fourth-order valence-electron chi connectivity index (χ4n) is 3.87. The highest BCUT2D eigenvalue weighted by Gasteiger charge is 2.27. The van der Waals surface area contributed by atoms with E-state index in [1.807, 2.05) is 61.2 Å². The van der Waals surface area contributed by atoms with E-state index >= 15 is 0 Å². The van der Waals surface area contributed by atoms with Gasteiger partial charge in [0, 0.05) is 31.9 Å². The Morgan fingerprint density at radius 3 is 2.20 bits per heavy atom. The third kappa shape index (κ3) is 5.48. The molecule has 30 heavy (non-hydrogen) atoms. The van der Waals surface area contributed by atoms with E-state index in [-0.39, 0.29) is 17.9 Å². The van der Waals surface area contributed by atoms with Crippen LogP contribution in [-0.4, -0.2) is 53.8 Å². The van der Waals surface area contributed by atoms with Gasteiger partial charge in [-0.1, -0.05) is 61.9 Å². The lowest BCUT2D eigenvalue weighted by Gasteiger charge is -2.37. The molecule has 1 saturated heterocycles. The molecule has 1 aliphatic heterocycles. The second kappa shape index (κ2) is 9.90. The molecule has 0 aromatic heterocycles. The Hall–Kier alpha value is -2.66. The van der Waals surface area contributed by atoms with Crippen molar-refractivity contribution in [3.05, 3.63) is 65.2 Å². The molecule has 1 fully saturated rings. The highest BCUT2D eigenvalue weighted by molar-refractivity contribution is 5.95. The first kappa shape index (κ1) is 22.0. The molecule has 2 aromatic rings. The van der Waals surface area contributed by atoms with Gasteiger partial charge in [0.15, 0.2) is 0 Å². The van der Waals surface area contributed by atoms with Crippen LogP contribution in [0.2, 0.25) is 0 Å². The minimum atomic E-state index is -0.237. The van der Waals surface area contributed by atoms with E-state index in [0.717, 1.165) is 16.8 Å². The molecule has 1 unspecified atom stereocenters. The van der Waals surface area contributed by atoms with Crippen LogP contribution in [0.15, 0.2) is 48.5 Å². The van der Waals surface area contributed by atoms with E-state index in [2.05, 4.69) is 30.1 Å². The van der Waals surface area contributed by atoms with Crippen LogP contribution < -0.4 is 5.32 Å². The number of hydrogen-bond donors (Lipinski definition) is 1. The number of benzene rings is 2. The predicted octanol–water partition coefficient (Wildman–Crippen LogP) is 3.83. The molecule has 0 spiro atoms. The highest BCUT2D eigenvalue weighted by atomic mass is 16.2. The van der Waals surface area contributed by atoms with Gasteiger partial charge in [0.1, 0.15) is 0 Å². The van der Waals surface area contributed by atoms with Crippen LogP contribution in [0.1, 0.15) is 43.4 Å². The van der Waals surface area contributed by atoms with Crippen LogP contribution in [-0.2, 0) is 16.0 Å². The average molecular weight is 408 g/mol. The van der Waals surface area contributed by atoms with E-state index in [1.54, 1.807) is 0 Å². The number of hydrogen-bond acceptors (Lipinski definition) is 3. The first-order valence-electron chi connectivity index (χ1n) is 10.8. The first-order chi connectivity index (χ1) is 14.3. The lowest BCUT2D eigenvalue weighted by atomic mass is 10.0. The van der Waals surface area contributed by atoms with Gasteiger partial charge in [-0.15, -0.1) is 0 Å². The lowest BCUT2D eigenvalue weighted by Crippen LogP contribution is -2.54. The van der Waals surface area contributed by atoms with Gasteiger partial charge in [-0.2, -0.15) is 0 Å². The van der Waals surface area contributed by atoms with Crippen molar-refractivity contribution in [1.82, 2.24) is 9.80 Å². The van der Waals surface area contributed by atoms with Gasteiger partial charge in [0.05, 0.1) is 12.5 Å². The first-order valence-corrected chi connectivity index (χ1v) is 10.8. The van der Waals surface area contributed by atoms with Gasteiger partial charge in [-0.3, -0.25) is 14.5 Å². The number of amides is 2. The Morgan fingerprint density at radius 2 is 1.57 bits per heavy atom. The van der Waals surface area contributed by atoms with Crippen molar-refractivity contribution in [2.45, 2.75) is 46.1 Å². The SMILES string of the molecule is Cc1ccc(CC(=O)N2CCN(C(C)C(=O)Nc3ccccc3C(C)C)CC2)cc1. The molecule has 2 aromatic carbocycles. The summed E-state index contributed by atoms with van der Waals surface area (Å²) >= 11 is 0. The van der Waals surface area contributed by atoms with E-state index in [4.69, 9.17) is 0 Å². The van der Waals surface area contributed by atoms with Crippen LogP contribution in [0.3, 0.4) is 0 Å². The van der Waals surface area contributed by atoms with E-state index in [1.165, 1.54) is 5.56 Å². The van der Waals surface area contributed by atoms with Gasteiger partial charge < -0.3 is 10.2 Å². The lowest BCUT2D eigenvalue weighted by molar-refractivity contribution is -0.133. The van der Waals surface area contributed by atoms with Crippen LogP contribution in [0, 0.1) is 6.92 Å². The Labute approximate surface area is 180 Å². The topological polar surface area (TPSA) is 52.7 Å². The molecule has 5 heteroatoms. The summed E-state index contributed by atoms with van der Waals surface area (Å²) in [5.41, 5.74) is 4.27. The fraction of sp³-hybridized carbons (Fsp3) is 0.440. The quantitative estimate of drug-likeness (QED) is 0.792. The second-order valence-corrected chi connectivity index (χ2v) is 8.49. The van der Waals surface area contributed by atoms with Crippen molar-refractivity contribution < 1.29 is 9.59 Å². The highest BCUT2D eigenvalue weighted by Crippen LogP contribution is 2.24. The predicted molar refractivity (Wildman–Crippen MR) is 122 cm³/mol. The number of piperazine rings is 1. The van der Waals surface area contributed by atoms with Crippen molar-refractivity contribution in [2.75, 3.05) is 31.5 Å². The Balaban J connectivity index is 1.52. The molecule has 0 bridgehead atoms. The summed E-state index contributed by atoms with van der Waals surface area (Å²) in [4.78, 5) is 29.5. The Morgan fingerprint density at radius 1 is 0.933 bits per heavy atom. The molecule has 160 valence electrons. The summed E-state index contributed by atoms with van der Waals surface area (Å²) in [6.07, 6.45) is 0.433. The van der Waals surface area contributed by atoms with Crippen LogP contribution in [0.4, 0.5) is 5.69 Å². The maximum atomic E-state index is 12.8. The monoisotopic (exact) mass is 407 g/mol. The molecule has 0 saturated carbocycles. The van der Waals surface area contributed by atoms with E-state index < -0.39 is 0 Å². The normalized spacial score (nSPS) is 15.8. The molecule has 0 aliphatic carbocycles. The van der Waals surface area contributed by atoms with Gasteiger partial charge in [-0.25, -0.2) is 0 Å². The van der Waals surface area contributed by atoms with Gasteiger partial charge in [0.2, 0.25) is 11.8 Å². The van der Waals surface area contributed by atoms with Crippen LogP contribution in [0.25, 0.3) is 0 Å². The van der Waals surface area contributed by atoms with Crippen molar-refractivity contribution >= 4 is 17.5 Å². The zero-order valence-corrected chi connectivity index (χ0v) is 18.5.